The Morgan fingerprint density at radius 1 is 1.14 bits per heavy atom. The van der Waals surface area contributed by atoms with Gasteiger partial charge in [-0.3, -0.25) is 9.59 Å². The van der Waals surface area contributed by atoms with E-state index in [0.29, 0.717) is 10.6 Å². The lowest BCUT2D eigenvalue weighted by molar-refractivity contribution is -0.117. The lowest BCUT2D eigenvalue weighted by Gasteiger charge is -2.11. The predicted octanol–water partition coefficient (Wildman–Crippen LogP) is 4.20. The van der Waals surface area contributed by atoms with E-state index >= 15 is 0 Å². The molecule has 0 saturated carbocycles. The Balaban J connectivity index is 2.40. The molecule has 0 saturated heterocycles. The largest absolute Gasteiger partial charge is 0.322 e. The van der Waals surface area contributed by atoms with Crippen LogP contribution in [-0.2, 0) is 4.79 Å². The van der Waals surface area contributed by atoms with Crippen molar-refractivity contribution in [3.63, 3.8) is 0 Å². The number of alkyl halides is 2. The fourth-order valence-corrected chi connectivity index (χ4v) is 2.03. The van der Waals surface area contributed by atoms with Crippen LogP contribution in [0, 0.1) is 0 Å². The van der Waals surface area contributed by atoms with Gasteiger partial charge in [0.15, 0.2) is 5.78 Å². The smallest absolute Gasteiger partial charge is 0.270 e. The zero-order valence-corrected chi connectivity index (χ0v) is 13.0. The Kier molecular flexibility index (Phi) is 5.09. The minimum atomic E-state index is -1.85. The van der Waals surface area contributed by atoms with E-state index in [9.17, 15) is 14.0 Å². The number of carbonyl (C=O) groups is 2. The highest BCUT2D eigenvalue weighted by Gasteiger charge is 2.18. The van der Waals surface area contributed by atoms with Crippen molar-refractivity contribution < 1.29 is 14.0 Å². The number of ketones is 1. The normalized spacial score (nSPS) is 11.8. The van der Waals surface area contributed by atoms with Crippen molar-refractivity contribution in [3.05, 3.63) is 64.7 Å². The quantitative estimate of drug-likeness (QED) is 0.647. The Labute approximate surface area is 134 Å². The van der Waals surface area contributed by atoms with E-state index in [0.717, 1.165) is 0 Å². The summed E-state index contributed by atoms with van der Waals surface area (Å²) in [7, 11) is 0. The average Bonchev–Trinajstić information content (AvgIpc) is 2.49. The minimum Gasteiger partial charge on any atom is -0.322 e. The molecule has 0 aliphatic carbocycles. The molecular formula is C15H10BrClFNO2. The number of halogens is 3. The van der Waals surface area contributed by atoms with Crippen molar-refractivity contribution in [2.75, 3.05) is 5.32 Å². The first-order valence-corrected chi connectivity index (χ1v) is 7.26. The second kappa shape index (κ2) is 6.83. The highest BCUT2D eigenvalue weighted by atomic mass is 79.9. The van der Waals surface area contributed by atoms with Gasteiger partial charge in [0.25, 0.3) is 5.91 Å². The summed E-state index contributed by atoms with van der Waals surface area (Å²) in [5, 5.41) is 0.844. The second-order valence-corrected chi connectivity index (χ2v) is 5.42. The number of hydrogen-bond acceptors (Lipinski definition) is 2. The van der Waals surface area contributed by atoms with Crippen molar-refractivity contribution >= 4 is 44.9 Å². The first kappa shape index (κ1) is 15.7. The average molecular weight is 371 g/mol. The number of anilines is 1. The summed E-state index contributed by atoms with van der Waals surface area (Å²) in [5.41, 5.74) is 0.862. The summed E-state index contributed by atoms with van der Waals surface area (Å²) >= 11 is 8.43. The number of hydrogen-bond donors (Lipinski definition) is 1. The fourth-order valence-electron chi connectivity index (χ4n) is 1.75. The van der Waals surface area contributed by atoms with E-state index in [1.54, 1.807) is 30.3 Å². The van der Waals surface area contributed by atoms with E-state index in [1.165, 1.54) is 18.2 Å². The van der Waals surface area contributed by atoms with Crippen LogP contribution in [0.2, 0.25) is 5.02 Å². The van der Waals surface area contributed by atoms with Crippen LogP contribution in [-0.4, -0.2) is 16.8 Å². The molecule has 0 radical (unpaired) electrons. The topological polar surface area (TPSA) is 46.2 Å². The van der Waals surface area contributed by atoms with Crippen molar-refractivity contribution in [1.29, 1.82) is 0 Å². The molecule has 1 amide bonds. The zero-order chi connectivity index (χ0) is 15.4. The monoisotopic (exact) mass is 369 g/mol. The summed E-state index contributed by atoms with van der Waals surface area (Å²) in [6.45, 7) is 0. The van der Waals surface area contributed by atoms with Crippen LogP contribution in [0.1, 0.15) is 15.9 Å². The third kappa shape index (κ3) is 3.89. The molecule has 0 aliphatic heterocycles. The van der Waals surface area contributed by atoms with Crippen LogP contribution in [0.4, 0.5) is 10.1 Å². The Morgan fingerprint density at radius 3 is 2.43 bits per heavy atom. The van der Waals surface area contributed by atoms with Gasteiger partial charge in [0.1, 0.15) is 0 Å². The molecule has 1 atom stereocenters. The van der Waals surface area contributed by atoms with Crippen LogP contribution in [0.15, 0.2) is 48.5 Å². The number of nitrogens with one attached hydrogen (secondary N) is 1. The molecule has 0 heterocycles. The minimum absolute atomic E-state index is 0.204. The molecular weight excluding hydrogens is 361 g/mol. The number of benzene rings is 2. The van der Waals surface area contributed by atoms with Gasteiger partial charge in [-0.1, -0.05) is 41.9 Å². The number of rotatable bonds is 4. The number of amides is 1. The maximum atomic E-state index is 12.9. The van der Waals surface area contributed by atoms with Crippen LogP contribution in [0.5, 0.6) is 0 Å². The summed E-state index contributed by atoms with van der Waals surface area (Å²) in [6, 6.07) is 13.0. The van der Waals surface area contributed by atoms with Gasteiger partial charge in [-0.25, -0.2) is 4.39 Å². The molecule has 2 aromatic carbocycles. The molecule has 2 rings (SSSR count). The van der Waals surface area contributed by atoms with Gasteiger partial charge in [0, 0.05) is 16.1 Å². The van der Waals surface area contributed by atoms with Crippen molar-refractivity contribution in [1.82, 2.24) is 0 Å². The van der Waals surface area contributed by atoms with Crippen LogP contribution in [0.3, 0.4) is 0 Å². The molecule has 2 aromatic rings. The molecule has 0 aliphatic rings. The summed E-state index contributed by atoms with van der Waals surface area (Å²) in [6.07, 6.45) is 0. The van der Waals surface area contributed by atoms with Crippen molar-refractivity contribution in [2.45, 2.75) is 5.08 Å². The van der Waals surface area contributed by atoms with Gasteiger partial charge in [-0.05, 0) is 34.1 Å². The molecule has 0 spiro atoms. The molecule has 1 N–H and O–H groups in total. The second-order valence-electron chi connectivity index (χ2n) is 4.18. The first-order chi connectivity index (χ1) is 9.99. The first-order valence-electron chi connectivity index (χ1n) is 5.97. The molecule has 1 unspecified atom stereocenters. The van der Waals surface area contributed by atoms with Gasteiger partial charge in [-0.15, -0.1) is 0 Å². The third-order valence-electron chi connectivity index (χ3n) is 2.72. The van der Waals surface area contributed by atoms with Crippen LogP contribution >= 0.6 is 27.5 Å². The van der Waals surface area contributed by atoms with E-state index in [-0.39, 0.29) is 17.0 Å². The van der Waals surface area contributed by atoms with E-state index in [2.05, 4.69) is 21.2 Å². The summed E-state index contributed by atoms with van der Waals surface area (Å²) in [4.78, 5) is 23.9. The summed E-state index contributed by atoms with van der Waals surface area (Å²) in [5.74, 6) is -1.20. The van der Waals surface area contributed by atoms with Crippen LogP contribution < -0.4 is 5.32 Å². The molecule has 108 valence electrons. The molecule has 0 fully saturated rings. The maximum Gasteiger partial charge on any atom is 0.270 e. The third-order valence-corrected chi connectivity index (χ3v) is 3.37. The van der Waals surface area contributed by atoms with Crippen molar-refractivity contribution in [2.24, 2.45) is 0 Å². The molecule has 0 bridgehead atoms. The lowest BCUT2D eigenvalue weighted by Crippen LogP contribution is -2.20. The lowest BCUT2D eigenvalue weighted by atomic mass is 10.0. The fraction of sp³-hybridized carbons (Fsp3) is 0.0667. The van der Waals surface area contributed by atoms with Crippen LogP contribution in [0.25, 0.3) is 0 Å². The Hall–Kier alpha value is -1.72. The maximum absolute atomic E-state index is 12.9. The highest BCUT2D eigenvalue weighted by Crippen LogP contribution is 2.24. The molecule has 0 aromatic heterocycles. The van der Waals surface area contributed by atoms with Gasteiger partial charge < -0.3 is 5.32 Å². The zero-order valence-electron chi connectivity index (χ0n) is 10.6. The van der Waals surface area contributed by atoms with Gasteiger partial charge in [0.2, 0.25) is 5.08 Å². The Morgan fingerprint density at radius 2 is 1.81 bits per heavy atom. The van der Waals surface area contributed by atoms with Gasteiger partial charge in [0.05, 0.1) is 5.69 Å². The summed E-state index contributed by atoms with van der Waals surface area (Å²) < 4.78 is 12.9. The van der Waals surface area contributed by atoms with Gasteiger partial charge in [-0.2, -0.15) is 0 Å². The molecule has 6 heteroatoms. The number of carbonyl (C=O) groups excluding carboxylic acids is 2. The molecule has 3 nitrogen and oxygen atoms in total. The predicted molar refractivity (Wildman–Crippen MR) is 83.8 cm³/mol. The van der Waals surface area contributed by atoms with Crippen molar-refractivity contribution in [3.8, 4) is 0 Å². The molecule has 21 heavy (non-hydrogen) atoms. The van der Waals surface area contributed by atoms with E-state index in [1.807, 2.05) is 0 Å². The van der Waals surface area contributed by atoms with E-state index < -0.39 is 11.0 Å². The highest BCUT2D eigenvalue weighted by molar-refractivity contribution is 9.09. The van der Waals surface area contributed by atoms with Gasteiger partial charge >= 0.3 is 0 Å². The Bertz CT molecular complexity index is 677. The SMILES string of the molecule is O=C(c1ccccc1)c1cc(Cl)ccc1NC(=O)C(F)Br. The van der Waals surface area contributed by atoms with E-state index in [4.69, 9.17) is 11.6 Å². The standard InChI is InChI=1S/C15H10BrClFNO2/c16-14(18)15(21)19-12-7-6-10(17)8-11(12)13(20)9-4-2-1-3-5-9/h1-8,14H,(H,19,21).